The van der Waals surface area contributed by atoms with Gasteiger partial charge in [0.05, 0.1) is 25.6 Å². The van der Waals surface area contributed by atoms with Crippen LogP contribution in [-0.4, -0.2) is 83.7 Å². The van der Waals surface area contributed by atoms with Crippen molar-refractivity contribution in [3.63, 3.8) is 0 Å². The van der Waals surface area contributed by atoms with E-state index in [2.05, 4.69) is 21.1 Å². The molecule has 5 rings (SSSR count). The molecule has 3 heterocycles. The molecule has 5 amide bonds. The molecule has 0 aliphatic carbocycles. The highest BCUT2D eigenvalue weighted by molar-refractivity contribution is 6.00. The number of carbonyl (C=O) groups excluding carboxylic acids is 3. The van der Waals surface area contributed by atoms with Gasteiger partial charge in [-0.25, -0.2) is 9.59 Å². The first-order valence-corrected chi connectivity index (χ1v) is 14.6. The number of ether oxygens (including phenoxy) is 3. The number of hydrogen-bond donors (Lipinski definition) is 4. The number of urea groups is 2. The van der Waals surface area contributed by atoms with Gasteiger partial charge < -0.3 is 49.6 Å². The van der Waals surface area contributed by atoms with Crippen LogP contribution >= 0.6 is 0 Å². The second kappa shape index (κ2) is 13.3. The molecule has 0 fully saturated rings. The summed E-state index contributed by atoms with van der Waals surface area (Å²) in [6.45, 7) is 7.57. The lowest BCUT2D eigenvalue weighted by atomic mass is 10.0. The highest BCUT2D eigenvalue weighted by atomic mass is 16.7. The number of carbonyl (C=O) groups is 3. The quantitative estimate of drug-likeness (QED) is 0.305. The fourth-order valence-corrected chi connectivity index (χ4v) is 5.21. The molecule has 2 aliphatic heterocycles. The zero-order valence-electron chi connectivity index (χ0n) is 25.9. The SMILES string of the molecule is Cc1noc(C)c1NC(=O)Nc1ccc2c(c1)CC(=O)N([C@H](C)CO)C[C@@H](C)[C@@H](CN(C)C(=O)Nc1ccc3c(c1)OCO3)O2. The molecule has 14 heteroatoms. The van der Waals surface area contributed by atoms with Crippen LogP contribution in [0.25, 0.3) is 0 Å². The molecule has 0 spiro atoms. The lowest BCUT2D eigenvalue weighted by Gasteiger charge is -2.34. The molecule has 1 aromatic heterocycles. The molecule has 0 saturated carbocycles. The number of benzene rings is 2. The van der Waals surface area contributed by atoms with Crippen LogP contribution in [0.5, 0.6) is 17.2 Å². The predicted molar refractivity (Wildman–Crippen MR) is 165 cm³/mol. The number of fused-ring (bicyclic) bond motifs is 2. The largest absolute Gasteiger partial charge is 0.488 e. The maximum absolute atomic E-state index is 13.5. The minimum absolute atomic E-state index is 0.0133. The van der Waals surface area contributed by atoms with Crippen molar-refractivity contribution in [1.29, 1.82) is 0 Å². The number of nitrogens with one attached hydrogen (secondary N) is 3. The number of aromatic nitrogens is 1. The average molecular weight is 623 g/mol. The fraction of sp³-hybridized carbons (Fsp3) is 0.419. The van der Waals surface area contributed by atoms with Crippen molar-refractivity contribution < 1.29 is 38.2 Å². The molecule has 3 atom stereocenters. The van der Waals surface area contributed by atoms with Gasteiger partial charge in [-0.15, -0.1) is 0 Å². The normalized spacial score (nSPS) is 18.1. The fourth-order valence-electron chi connectivity index (χ4n) is 5.21. The van der Waals surface area contributed by atoms with Gasteiger partial charge in [-0.05, 0) is 51.1 Å². The molecule has 2 aliphatic rings. The van der Waals surface area contributed by atoms with Crippen LogP contribution in [0.2, 0.25) is 0 Å². The van der Waals surface area contributed by atoms with E-state index in [0.29, 0.717) is 57.9 Å². The maximum Gasteiger partial charge on any atom is 0.323 e. The number of rotatable bonds is 7. The Hall–Kier alpha value is -4.98. The average Bonchev–Trinajstić information content (AvgIpc) is 3.61. The Morgan fingerprint density at radius 1 is 1.07 bits per heavy atom. The van der Waals surface area contributed by atoms with E-state index in [1.165, 1.54) is 4.90 Å². The van der Waals surface area contributed by atoms with Gasteiger partial charge in [-0.3, -0.25) is 4.79 Å². The van der Waals surface area contributed by atoms with Gasteiger partial charge in [0.2, 0.25) is 12.7 Å². The number of amides is 5. The summed E-state index contributed by atoms with van der Waals surface area (Å²) in [4.78, 5) is 42.6. The highest BCUT2D eigenvalue weighted by Gasteiger charge is 2.32. The monoisotopic (exact) mass is 622 g/mol. The van der Waals surface area contributed by atoms with Crippen molar-refractivity contribution in [3.05, 3.63) is 53.4 Å². The van der Waals surface area contributed by atoms with E-state index in [0.717, 1.165) is 0 Å². The summed E-state index contributed by atoms with van der Waals surface area (Å²) < 4.78 is 22.4. The lowest BCUT2D eigenvalue weighted by molar-refractivity contribution is -0.134. The molecule has 14 nitrogen and oxygen atoms in total. The standard InChI is InChI=1S/C31H38N6O8/c1-17-13-37(18(2)15-38)28(39)11-21-10-22(32-30(40)34-29-19(3)35-45-20(29)4)6-8-24(21)44-27(17)14-36(5)31(41)33-23-7-9-25-26(12-23)43-16-42-25/h6-10,12,17-18,27,38H,11,13-16H2,1-5H3,(H,33,41)(H2,32,34,40)/t17-,18-,27-/m1/s1. The van der Waals surface area contributed by atoms with E-state index in [1.54, 1.807) is 69.1 Å². The van der Waals surface area contributed by atoms with E-state index in [-0.39, 0.29) is 44.2 Å². The first kappa shape index (κ1) is 31.4. The zero-order chi connectivity index (χ0) is 32.2. The summed E-state index contributed by atoms with van der Waals surface area (Å²) in [5, 5.41) is 22.2. The summed E-state index contributed by atoms with van der Waals surface area (Å²) in [7, 11) is 1.66. The Labute approximate surface area is 260 Å². The number of nitrogens with zero attached hydrogens (tertiary/aromatic N) is 3. The van der Waals surface area contributed by atoms with Crippen LogP contribution < -0.4 is 30.2 Å². The van der Waals surface area contributed by atoms with Crippen molar-refractivity contribution in [3.8, 4) is 17.2 Å². The Balaban J connectivity index is 1.34. The number of aryl methyl sites for hydroxylation is 2. The molecule has 2 aromatic carbocycles. The Morgan fingerprint density at radius 2 is 1.78 bits per heavy atom. The van der Waals surface area contributed by atoms with E-state index < -0.39 is 18.2 Å². The van der Waals surface area contributed by atoms with E-state index in [9.17, 15) is 19.5 Å². The summed E-state index contributed by atoms with van der Waals surface area (Å²) >= 11 is 0. The molecule has 0 unspecified atom stereocenters. The maximum atomic E-state index is 13.5. The summed E-state index contributed by atoms with van der Waals surface area (Å²) in [5.74, 6) is 1.69. The van der Waals surface area contributed by atoms with Crippen LogP contribution in [0.3, 0.4) is 0 Å². The van der Waals surface area contributed by atoms with Crippen LogP contribution in [0.4, 0.5) is 26.7 Å². The van der Waals surface area contributed by atoms with Crippen LogP contribution in [0, 0.1) is 19.8 Å². The molecule has 240 valence electrons. The first-order valence-electron chi connectivity index (χ1n) is 14.6. The van der Waals surface area contributed by atoms with Crippen LogP contribution in [0.15, 0.2) is 40.9 Å². The number of aliphatic hydroxyl groups is 1. The second-order valence-corrected chi connectivity index (χ2v) is 11.4. The summed E-state index contributed by atoms with van der Waals surface area (Å²) in [5.41, 5.74) is 2.57. The third-order valence-electron chi connectivity index (χ3n) is 7.87. The first-order chi connectivity index (χ1) is 21.5. The third-order valence-corrected chi connectivity index (χ3v) is 7.87. The van der Waals surface area contributed by atoms with Gasteiger partial charge in [-0.1, -0.05) is 12.1 Å². The second-order valence-electron chi connectivity index (χ2n) is 11.4. The van der Waals surface area contributed by atoms with E-state index in [1.807, 2.05) is 6.92 Å². The van der Waals surface area contributed by atoms with Gasteiger partial charge in [0.15, 0.2) is 17.3 Å². The van der Waals surface area contributed by atoms with E-state index >= 15 is 0 Å². The molecular weight excluding hydrogens is 584 g/mol. The van der Waals surface area contributed by atoms with Gasteiger partial charge in [-0.2, -0.15) is 0 Å². The van der Waals surface area contributed by atoms with Crippen molar-refractivity contribution in [1.82, 2.24) is 15.0 Å². The molecule has 45 heavy (non-hydrogen) atoms. The molecule has 4 N–H and O–H groups in total. The molecule has 0 saturated heterocycles. The Bertz CT molecular complexity index is 1560. The predicted octanol–water partition coefficient (Wildman–Crippen LogP) is 3.98. The van der Waals surface area contributed by atoms with Gasteiger partial charge in [0.1, 0.15) is 23.2 Å². The smallest absolute Gasteiger partial charge is 0.323 e. The minimum atomic E-state index is -0.516. The van der Waals surface area contributed by atoms with Crippen molar-refractivity contribution >= 4 is 35.0 Å². The highest BCUT2D eigenvalue weighted by Crippen LogP contribution is 2.34. The molecule has 0 bridgehead atoms. The van der Waals surface area contributed by atoms with Crippen molar-refractivity contribution in [2.75, 3.05) is 49.5 Å². The number of aliphatic hydroxyl groups excluding tert-OH is 1. The number of likely N-dealkylation sites (N-methyl/N-ethyl adjacent to an activating group) is 1. The topological polar surface area (TPSA) is 168 Å². The summed E-state index contributed by atoms with van der Waals surface area (Å²) in [6.07, 6.45) is -0.530. The van der Waals surface area contributed by atoms with Crippen LogP contribution in [0.1, 0.15) is 30.9 Å². The molecular formula is C31H38N6O8. The third kappa shape index (κ3) is 7.23. The van der Waals surface area contributed by atoms with Crippen molar-refractivity contribution in [2.45, 2.75) is 46.3 Å². The zero-order valence-corrected chi connectivity index (χ0v) is 25.9. The summed E-state index contributed by atoms with van der Waals surface area (Å²) in [6, 6.07) is 8.93. The van der Waals surface area contributed by atoms with Crippen LogP contribution in [-0.2, 0) is 11.2 Å². The number of anilines is 3. The van der Waals surface area contributed by atoms with E-state index in [4.69, 9.17) is 18.7 Å². The molecule has 3 aromatic rings. The Kier molecular flexibility index (Phi) is 9.32. The number of hydrogen-bond acceptors (Lipinski definition) is 9. The van der Waals surface area contributed by atoms with Crippen molar-refractivity contribution in [2.24, 2.45) is 5.92 Å². The minimum Gasteiger partial charge on any atom is -0.488 e. The van der Waals surface area contributed by atoms with Gasteiger partial charge in [0.25, 0.3) is 0 Å². The van der Waals surface area contributed by atoms with Gasteiger partial charge in [0, 0.05) is 42.5 Å². The van der Waals surface area contributed by atoms with Gasteiger partial charge >= 0.3 is 12.1 Å². The Morgan fingerprint density at radius 3 is 2.49 bits per heavy atom. The molecule has 0 radical (unpaired) electrons. The lowest BCUT2D eigenvalue weighted by Crippen LogP contribution is -2.48.